The number of rotatable bonds is 8. The van der Waals surface area contributed by atoms with Crippen molar-refractivity contribution in [2.24, 2.45) is 0 Å². The number of pyridine rings is 1. The summed E-state index contributed by atoms with van der Waals surface area (Å²) in [5, 5.41) is 5.09. The Bertz CT molecular complexity index is 991. The van der Waals surface area contributed by atoms with E-state index in [2.05, 4.69) is 11.4 Å². The molecule has 0 aliphatic heterocycles. The first kappa shape index (κ1) is 21.0. The lowest BCUT2D eigenvalue weighted by Gasteiger charge is -2.20. The standard InChI is InChI=1S/C22H26ClN3O3/c1-26(2)22-15(13-24-12-14-6-8-16(23)9-7-14)10-17-18(25-22)11-19(27-3)21(29-5)20(17)28-4/h6-11,24H,12-13H2,1-5H3. The van der Waals surface area contributed by atoms with E-state index in [9.17, 15) is 0 Å². The van der Waals surface area contributed by atoms with Crippen LogP contribution in [0, 0.1) is 0 Å². The van der Waals surface area contributed by atoms with Crippen LogP contribution in [0.25, 0.3) is 10.9 Å². The molecule has 0 saturated heterocycles. The number of halogens is 1. The number of fused-ring (bicyclic) bond motifs is 1. The quantitative estimate of drug-likeness (QED) is 0.593. The number of hydrogen-bond acceptors (Lipinski definition) is 6. The first-order valence-corrected chi connectivity index (χ1v) is 9.61. The van der Waals surface area contributed by atoms with Gasteiger partial charge in [0, 0.05) is 49.2 Å². The lowest BCUT2D eigenvalue weighted by Crippen LogP contribution is -2.18. The highest BCUT2D eigenvalue weighted by Crippen LogP contribution is 2.43. The van der Waals surface area contributed by atoms with E-state index in [1.807, 2.05) is 49.3 Å². The molecule has 0 radical (unpaired) electrons. The van der Waals surface area contributed by atoms with Crippen molar-refractivity contribution in [1.29, 1.82) is 0 Å². The summed E-state index contributed by atoms with van der Waals surface area (Å²) < 4.78 is 16.6. The Kier molecular flexibility index (Phi) is 6.67. The van der Waals surface area contributed by atoms with E-state index in [4.69, 9.17) is 30.8 Å². The first-order valence-electron chi connectivity index (χ1n) is 9.23. The van der Waals surface area contributed by atoms with Crippen molar-refractivity contribution in [2.75, 3.05) is 40.3 Å². The van der Waals surface area contributed by atoms with Gasteiger partial charge in [-0.1, -0.05) is 23.7 Å². The van der Waals surface area contributed by atoms with Crippen LogP contribution in [0.4, 0.5) is 5.82 Å². The molecule has 0 fully saturated rings. The molecule has 7 heteroatoms. The van der Waals surface area contributed by atoms with E-state index in [0.29, 0.717) is 23.8 Å². The Morgan fingerprint density at radius 2 is 1.62 bits per heavy atom. The Morgan fingerprint density at radius 1 is 0.931 bits per heavy atom. The summed E-state index contributed by atoms with van der Waals surface area (Å²) in [6.07, 6.45) is 0. The van der Waals surface area contributed by atoms with Crippen molar-refractivity contribution >= 4 is 28.3 Å². The largest absolute Gasteiger partial charge is 0.493 e. The van der Waals surface area contributed by atoms with Crippen molar-refractivity contribution in [3.05, 3.63) is 52.5 Å². The molecule has 0 aliphatic rings. The van der Waals surface area contributed by atoms with Gasteiger partial charge in [0.05, 0.1) is 26.8 Å². The highest BCUT2D eigenvalue weighted by Gasteiger charge is 2.19. The van der Waals surface area contributed by atoms with Gasteiger partial charge < -0.3 is 24.4 Å². The normalized spacial score (nSPS) is 10.8. The summed E-state index contributed by atoms with van der Waals surface area (Å²) in [5.74, 6) is 2.64. The second kappa shape index (κ2) is 9.20. The highest BCUT2D eigenvalue weighted by atomic mass is 35.5. The topological polar surface area (TPSA) is 55.9 Å². The zero-order chi connectivity index (χ0) is 21.0. The van der Waals surface area contributed by atoms with Gasteiger partial charge in [-0.05, 0) is 23.8 Å². The Morgan fingerprint density at radius 3 is 2.21 bits per heavy atom. The number of nitrogens with one attached hydrogen (secondary N) is 1. The van der Waals surface area contributed by atoms with Crippen LogP contribution in [0.2, 0.25) is 5.02 Å². The van der Waals surface area contributed by atoms with E-state index in [-0.39, 0.29) is 0 Å². The van der Waals surface area contributed by atoms with Crippen molar-refractivity contribution in [3.8, 4) is 17.2 Å². The van der Waals surface area contributed by atoms with Gasteiger partial charge in [0.2, 0.25) is 5.75 Å². The van der Waals surface area contributed by atoms with Gasteiger partial charge in [0.15, 0.2) is 11.5 Å². The molecule has 0 atom stereocenters. The number of nitrogens with zero attached hydrogens (tertiary/aromatic N) is 2. The molecule has 1 heterocycles. The fourth-order valence-corrected chi connectivity index (χ4v) is 3.41. The zero-order valence-electron chi connectivity index (χ0n) is 17.4. The Hall–Kier alpha value is -2.70. The molecule has 154 valence electrons. The summed E-state index contributed by atoms with van der Waals surface area (Å²) in [5.41, 5.74) is 3.00. The van der Waals surface area contributed by atoms with Gasteiger partial charge in [0.25, 0.3) is 0 Å². The predicted molar refractivity (Wildman–Crippen MR) is 118 cm³/mol. The SMILES string of the molecule is COc1cc2nc(N(C)C)c(CNCc3ccc(Cl)cc3)cc2c(OC)c1OC. The van der Waals surface area contributed by atoms with E-state index in [1.54, 1.807) is 21.3 Å². The summed E-state index contributed by atoms with van der Waals surface area (Å²) >= 11 is 5.96. The van der Waals surface area contributed by atoms with Gasteiger partial charge in [-0.2, -0.15) is 0 Å². The molecule has 0 amide bonds. The molecule has 1 N–H and O–H groups in total. The van der Waals surface area contributed by atoms with E-state index in [1.165, 1.54) is 5.56 Å². The van der Waals surface area contributed by atoms with Crippen LogP contribution in [-0.2, 0) is 13.1 Å². The minimum atomic E-state index is 0.557. The number of benzene rings is 2. The number of ether oxygens (including phenoxy) is 3. The third kappa shape index (κ3) is 4.49. The lowest BCUT2D eigenvalue weighted by molar-refractivity contribution is 0.327. The first-order chi connectivity index (χ1) is 14.0. The fraction of sp³-hybridized carbons (Fsp3) is 0.318. The molecule has 0 spiro atoms. The van der Waals surface area contributed by atoms with Crippen molar-refractivity contribution in [3.63, 3.8) is 0 Å². The molecule has 3 rings (SSSR count). The van der Waals surface area contributed by atoms with Gasteiger partial charge >= 0.3 is 0 Å². The number of aromatic nitrogens is 1. The minimum absolute atomic E-state index is 0.557. The molecule has 1 aromatic heterocycles. The van der Waals surface area contributed by atoms with Gasteiger partial charge in [0.1, 0.15) is 5.82 Å². The average Bonchev–Trinajstić information content (AvgIpc) is 2.72. The summed E-state index contributed by atoms with van der Waals surface area (Å²) in [6, 6.07) is 11.8. The van der Waals surface area contributed by atoms with E-state index < -0.39 is 0 Å². The van der Waals surface area contributed by atoms with E-state index in [0.717, 1.165) is 33.9 Å². The number of hydrogen-bond donors (Lipinski definition) is 1. The molecule has 0 bridgehead atoms. The predicted octanol–water partition coefficient (Wildman–Crippen LogP) is 4.27. The Labute approximate surface area is 176 Å². The average molecular weight is 416 g/mol. The summed E-state index contributed by atoms with van der Waals surface area (Å²) in [7, 11) is 8.78. The molecular weight excluding hydrogens is 390 g/mol. The molecule has 0 aliphatic carbocycles. The maximum Gasteiger partial charge on any atom is 0.204 e. The molecular formula is C22H26ClN3O3. The number of methoxy groups -OCH3 is 3. The van der Waals surface area contributed by atoms with Crippen molar-refractivity contribution in [1.82, 2.24) is 10.3 Å². The van der Waals surface area contributed by atoms with Crippen LogP contribution in [0.5, 0.6) is 17.2 Å². The van der Waals surface area contributed by atoms with Crippen LogP contribution in [0.3, 0.4) is 0 Å². The Balaban J connectivity index is 1.98. The minimum Gasteiger partial charge on any atom is -0.493 e. The molecule has 0 unspecified atom stereocenters. The second-order valence-corrected chi connectivity index (χ2v) is 7.24. The van der Waals surface area contributed by atoms with Crippen LogP contribution >= 0.6 is 11.6 Å². The summed E-state index contributed by atoms with van der Waals surface area (Å²) in [6.45, 7) is 1.38. The van der Waals surface area contributed by atoms with Crippen LogP contribution in [-0.4, -0.2) is 40.4 Å². The lowest BCUT2D eigenvalue weighted by atomic mass is 10.1. The molecule has 6 nitrogen and oxygen atoms in total. The summed E-state index contributed by atoms with van der Waals surface area (Å²) in [4.78, 5) is 6.86. The van der Waals surface area contributed by atoms with Crippen molar-refractivity contribution in [2.45, 2.75) is 13.1 Å². The van der Waals surface area contributed by atoms with Crippen LogP contribution < -0.4 is 24.4 Å². The maximum atomic E-state index is 5.96. The van der Waals surface area contributed by atoms with Gasteiger partial charge in [-0.15, -0.1) is 0 Å². The highest BCUT2D eigenvalue weighted by molar-refractivity contribution is 6.30. The smallest absolute Gasteiger partial charge is 0.204 e. The monoisotopic (exact) mass is 415 g/mol. The maximum absolute atomic E-state index is 5.96. The third-order valence-corrected chi connectivity index (χ3v) is 4.91. The van der Waals surface area contributed by atoms with Crippen LogP contribution in [0.1, 0.15) is 11.1 Å². The van der Waals surface area contributed by atoms with Gasteiger partial charge in [-0.3, -0.25) is 0 Å². The molecule has 3 aromatic rings. The molecule has 0 saturated carbocycles. The van der Waals surface area contributed by atoms with Gasteiger partial charge in [-0.25, -0.2) is 4.98 Å². The molecule has 29 heavy (non-hydrogen) atoms. The van der Waals surface area contributed by atoms with Crippen molar-refractivity contribution < 1.29 is 14.2 Å². The third-order valence-electron chi connectivity index (χ3n) is 4.66. The van der Waals surface area contributed by atoms with Crippen LogP contribution in [0.15, 0.2) is 36.4 Å². The second-order valence-electron chi connectivity index (χ2n) is 6.81. The number of anilines is 1. The fourth-order valence-electron chi connectivity index (χ4n) is 3.28. The van der Waals surface area contributed by atoms with E-state index >= 15 is 0 Å². The zero-order valence-corrected chi connectivity index (χ0v) is 18.1. The molecule has 2 aromatic carbocycles.